The van der Waals surface area contributed by atoms with Gasteiger partial charge in [-0.2, -0.15) is 0 Å². The molecule has 0 saturated heterocycles. The van der Waals surface area contributed by atoms with E-state index >= 15 is 0 Å². The van der Waals surface area contributed by atoms with Crippen molar-refractivity contribution < 1.29 is 0 Å². The third kappa shape index (κ3) is 1.27. The summed E-state index contributed by atoms with van der Waals surface area (Å²) in [7, 11) is 0. The molecule has 16 heavy (non-hydrogen) atoms. The summed E-state index contributed by atoms with van der Waals surface area (Å²) in [5, 5.41) is 9.89. The van der Waals surface area contributed by atoms with Crippen LogP contribution in [0.1, 0.15) is 0 Å². The number of nitrogens with zero attached hydrogens (tertiary/aromatic N) is 1. The van der Waals surface area contributed by atoms with Crippen LogP contribution in [0.2, 0.25) is 0 Å². The first-order valence-electron chi connectivity index (χ1n) is 5.19. The van der Waals surface area contributed by atoms with Crippen molar-refractivity contribution in [3.63, 3.8) is 0 Å². The molecule has 0 unspecified atom stereocenters. The molecular formula is C14H10N2. The summed E-state index contributed by atoms with van der Waals surface area (Å²) in [4.78, 5) is 4.31. The van der Waals surface area contributed by atoms with E-state index in [1.165, 1.54) is 0 Å². The van der Waals surface area contributed by atoms with Gasteiger partial charge >= 0.3 is 0 Å². The van der Waals surface area contributed by atoms with Gasteiger partial charge in [-0.15, -0.1) is 0 Å². The minimum absolute atomic E-state index is 0.342. The van der Waals surface area contributed by atoms with Crippen LogP contribution in [0.4, 0.5) is 0 Å². The number of pyridine rings is 1. The van der Waals surface area contributed by atoms with Crippen molar-refractivity contribution in [3.8, 4) is 11.3 Å². The standard InChI is InChI=1S/C14H10N2/c15-14-12-8-5-4-6-10(12)11-7-2-1-3-9-13(11)16-14/h1-9,15H. The predicted octanol–water partition coefficient (Wildman–Crippen LogP) is 2.82. The highest BCUT2D eigenvalue weighted by Gasteiger charge is 2.06. The Hall–Kier alpha value is -2.22. The number of hydrogen-bond acceptors (Lipinski definition) is 2. The average Bonchev–Trinajstić information content (AvgIpc) is 2.55. The van der Waals surface area contributed by atoms with Gasteiger partial charge in [0, 0.05) is 10.9 Å². The monoisotopic (exact) mass is 206 g/mol. The molecule has 0 fully saturated rings. The predicted molar refractivity (Wildman–Crippen MR) is 64.2 cm³/mol. The Kier molecular flexibility index (Phi) is 1.93. The molecular weight excluding hydrogens is 196 g/mol. The maximum absolute atomic E-state index is 7.90. The molecule has 1 aromatic carbocycles. The number of benzene rings is 1. The molecule has 1 aromatic rings. The largest absolute Gasteiger partial charge is 0.282 e. The van der Waals surface area contributed by atoms with E-state index in [0.29, 0.717) is 5.49 Å². The molecule has 0 amide bonds. The van der Waals surface area contributed by atoms with Crippen LogP contribution in [0.25, 0.3) is 22.0 Å². The lowest BCUT2D eigenvalue weighted by Gasteiger charge is -2.05. The summed E-state index contributed by atoms with van der Waals surface area (Å²) in [6.45, 7) is 0. The van der Waals surface area contributed by atoms with Crippen LogP contribution in [0.5, 0.6) is 0 Å². The number of nitrogens with one attached hydrogen (secondary N) is 1. The lowest BCUT2D eigenvalue weighted by molar-refractivity contribution is 1.13. The van der Waals surface area contributed by atoms with Crippen LogP contribution in [-0.4, -0.2) is 4.98 Å². The summed E-state index contributed by atoms with van der Waals surface area (Å²) in [6, 6.07) is 17.8. The van der Waals surface area contributed by atoms with Gasteiger partial charge in [0.1, 0.15) is 0 Å². The Labute approximate surface area is 93.1 Å². The fourth-order valence-electron chi connectivity index (χ4n) is 1.97. The number of rotatable bonds is 0. The Morgan fingerprint density at radius 2 is 1.44 bits per heavy atom. The zero-order chi connectivity index (χ0) is 11.0. The van der Waals surface area contributed by atoms with Crippen molar-refractivity contribution >= 4 is 10.8 Å². The molecule has 3 rings (SSSR count). The van der Waals surface area contributed by atoms with Crippen LogP contribution in [-0.2, 0) is 0 Å². The average molecular weight is 206 g/mol. The Bertz CT molecular complexity index is 689. The maximum Gasteiger partial charge on any atom is 0.153 e. The molecule has 0 atom stereocenters. The van der Waals surface area contributed by atoms with E-state index in [2.05, 4.69) is 4.98 Å². The Morgan fingerprint density at radius 3 is 2.31 bits per heavy atom. The number of aromatic nitrogens is 1. The minimum atomic E-state index is 0.342. The number of hydrogen-bond donors (Lipinski definition) is 1. The van der Waals surface area contributed by atoms with E-state index in [1.54, 1.807) is 0 Å². The first-order valence-corrected chi connectivity index (χ1v) is 5.19. The topological polar surface area (TPSA) is 36.7 Å². The van der Waals surface area contributed by atoms with E-state index in [9.17, 15) is 0 Å². The van der Waals surface area contributed by atoms with Crippen molar-refractivity contribution in [1.82, 2.24) is 4.98 Å². The van der Waals surface area contributed by atoms with Gasteiger partial charge in [-0.25, -0.2) is 4.98 Å². The summed E-state index contributed by atoms with van der Waals surface area (Å²) in [6.07, 6.45) is 0. The minimum Gasteiger partial charge on any atom is -0.282 e. The second-order valence-electron chi connectivity index (χ2n) is 3.72. The van der Waals surface area contributed by atoms with E-state index < -0.39 is 0 Å². The van der Waals surface area contributed by atoms with E-state index in [0.717, 1.165) is 22.0 Å². The van der Waals surface area contributed by atoms with Gasteiger partial charge in [0.2, 0.25) is 0 Å². The lowest BCUT2D eigenvalue weighted by Crippen LogP contribution is -2.08. The van der Waals surface area contributed by atoms with Gasteiger partial charge in [0.15, 0.2) is 5.49 Å². The van der Waals surface area contributed by atoms with Gasteiger partial charge in [-0.05, 0) is 11.5 Å². The zero-order valence-electron chi connectivity index (χ0n) is 8.64. The molecule has 1 N–H and O–H groups in total. The summed E-state index contributed by atoms with van der Waals surface area (Å²) < 4.78 is 0. The van der Waals surface area contributed by atoms with Crippen molar-refractivity contribution in [3.05, 3.63) is 60.1 Å². The smallest absolute Gasteiger partial charge is 0.153 e. The molecule has 1 heterocycles. The fourth-order valence-corrected chi connectivity index (χ4v) is 1.97. The maximum atomic E-state index is 7.90. The normalized spacial score (nSPS) is 10.8. The third-order valence-corrected chi connectivity index (χ3v) is 2.72. The van der Waals surface area contributed by atoms with E-state index in [-0.39, 0.29) is 0 Å². The van der Waals surface area contributed by atoms with Crippen molar-refractivity contribution in [2.45, 2.75) is 0 Å². The molecule has 0 aromatic heterocycles. The van der Waals surface area contributed by atoms with Crippen LogP contribution < -0.4 is 5.49 Å². The molecule has 0 saturated carbocycles. The quantitative estimate of drug-likeness (QED) is 0.603. The third-order valence-electron chi connectivity index (χ3n) is 2.72. The van der Waals surface area contributed by atoms with Crippen LogP contribution >= 0.6 is 0 Å². The fraction of sp³-hybridized carbons (Fsp3) is 0. The highest BCUT2D eigenvalue weighted by molar-refractivity contribution is 5.95. The van der Waals surface area contributed by atoms with E-state index in [1.807, 2.05) is 54.6 Å². The number of fused-ring (bicyclic) bond motifs is 3. The Balaban J connectivity index is 2.62. The molecule has 0 radical (unpaired) electrons. The van der Waals surface area contributed by atoms with Crippen LogP contribution in [0, 0.1) is 5.41 Å². The highest BCUT2D eigenvalue weighted by atomic mass is 14.7. The van der Waals surface area contributed by atoms with Crippen LogP contribution in [0.15, 0.2) is 54.6 Å². The first-order chi connectivity index (χ1) is 7.86. The van der Waals surface area contributed by atoms with Crippen LogP contribution in [0.3, 0.4) is 0 Å². The summed E-state index contributed by atoms with van der Waals surface area (Å²) >= 11 is 0. The molecule has 0 spiro atoms. The molecule has 76 valence electrons. The van der Waals surface area contributed by atoms with E-state index in [4.69, 9.17) is 5.41 Å². The molecule has 1 aliphatic heterocycles. The second kappa shape index (κ2) is 3.42. The summed E-state index contributed by atoms with van der Waals surface area (Å²) in [5.41, 5.74) is 2.31. The molecule has 2 nitrogen and oxygen atoms in total. The molecule has 2 aliphatic rings. The van der Waals surface area contributed by atoms with Gasteiger partial charge in [0.05, 0.1) is 5.69 Å². The Morgan fingerprint density at radius 1 is 0.750 bits per heavy atom. The molecule has 0 bridgehead atoms. The first kappa shape index (κ1) is 9.04. The van der Waals surface area contributed by atoms with Gasteiger partial charge in [-0.3, -0.25) is 5.41 Å². The molecule has 2 heteroatoms. The molecule has 1 aliphatic carbocycles. The van der Waals surface area contributed by atoms with Gasteiger partial charge < -0.3 is 0 Å². The SMILES string of the molecule is N=c1nc2cccccc-2c2ccccc12. The van der Waals surface area contributed by atoms with Crippen molar-refractivity contribution in [1.29, 1.82) is 5.41 Å². The van der Waals surface area contributed by atoms with Gasteiger partial charge in [-0.1, -0.05) is 48.5 Å². The zero-order valence-corrected chi connectivity index (χ0v) is 8.64. The van der Waals surface area contributed by atoms with Crippen molar-refractivity contribution in [2.24, 2.45) is 0 Å². The lowest BCUT2D eigenvalue weighted by atomic mass is 10.0. The van der Waals surface area contributed by atoms with Gasteiger partial charge in [0.25, 0.3) is 0 Å². The van der Waals surface area contributed by atoms with Crippen molar-refractivity contribution in [2.75, 3.05) is 0 Å². The highest BCUT2D eigenvalue weighted by Crippen LogP contribution is 2.24. The summed E-state index contributed by atoms with van der Waals surface area (Å²) in [5.74, 6) is 0. The second-order valence-corrected chi connectivity index (χ2v) is 3.72.